The Labute approximate surface area is 239 Å². The first-order valence-electron chi connectivity index (χ1n) is 14.2. The minimum atomic E-state index is -0.237. The van der Waals surface area contributed by atoms with E-state index < -0.39 is 0 Å². The number of hydrogen-bond donors (Lipinski definition) is 2. The molecule has 0 amide bonds. The molecule has 1 heterocycles. The zero-order valence-corrected chi connectivity index (χ0v) is 25.9. The van der Waals surface area contributed by atoms with Crippen LogP contribution in [-0.2, 0) is 6.42 Å². The number of nitrogens with two attached hydrogens (primary N) is 1. The van der Waals surface area contributed by atoms with E-state index in [1.807, 2.05) is 34.6 Å². The van der Waals surface area contributed by atoms with Crippen LogP contribution in [0.1, 0.15) is 94.9 Å². The number of aromatic amines is 1. The molecular weight excluding hydrogens is 472 g/mol. The molecule has 0 bridgehead atoms. The van der Waals surface area contributed by atoms with Crippen LogP contribution in [0, 0.1) is 25.7 Å². The van der Waals surface area contributed by atoms with Gasteiger partial charge in [-0.15, -0.1) is 11.8 Å². The summed E-state index contributed by atoms with van der Waals surface area (Å²) in [6.07, 6.45) is 7.41. The molecular formula is C37H50N2. The summed E-state index contributed by atoms with van der Waals surface area (Å²) < 4.78 is 0. The van der Waals surface area contributed by atoms with Gasteiger partial charge in [-0.2, -0.15) is 0 Å². The van der Waals surface area contributed by atoms with Crippen LogP contribution >= 0.6 is 0 Å². The summed E-state index contributed by atoms with van der Waals surface area (Å²) in [5, 5.41) is 0. The molecule has 2 aromatic carbocycles. The monoisotopic (exact) mass is 522 g/mol. The van der Waals surface area contributed by atoms with Gasteiger partial charge in [0.25, 0.3) is 0 Å². The number of aromatic nitrogens is 1. The van der Waals surface area contributed by atoms with Crippen LogP contribution in [0.15, 0.2) is 84.5 Å². The lowest BCUT2D eigenvalue weighted by atomic mass is 9.87. The van der Waals surface area contributed by atoms with Crippen molar-refractivity contribution >= 4 is 11.1 Å². The highest BCUT2D eigenvalue weighted by molar-refractivity contribution is 5.79. The summed E-state index contributed by atoms with van der Waals surface area (Å²) in [6.45, 7) is 20.5. The Morgan fingerprint density at radius 1 is 0.923 bits per heavy atom. The van der Waals surface area contributed by atoms with Crippen molar-refractivity contribution in [3.63, 3.8) is 0 Å². The summed E-state index contributed by atoms with van der Waals surface area (Å²) in [5.41, 5.74) is 17.9. The zero-order valence-electron chi connectivity index (χ0n) is 25.9. The van der Waals surface area contributed by atoms with Gasteiger partial charge in [0, 0.05) is 11.4 Å². The fraction of sp³-hybridized carbons (Fsp3) is 0.351. The molecule has 0 aliphatic rings. The van der Waals surface area contributed by atoms with Crippen molar-refractivity contribution < 1.29 is 0 Å². The average molecular weight is 523 g/mol. The van der Waals surface area contributed by atoms with Gasteiger partial charge in [0.2, 0.25) is 0 Å². The van der Waals surface area contributed by atoms with Crippen molar-refractivity contribution in [3.05, 3.63) is 118 Å². The minimum Gasteiger partial charge on any atom is -0.359 e. The van der Waals surface area contributed by atoms with Crippen LogP contribution in [0.5, 0.6) is 0 Å². The fourth-order valence-electron chi connectivity index (χ4n) is 4.36. The number of nitrogens with one attached hydrogen (secondary N) is 1. The Bertz CT molecular complexity index is 1280. The van der Waals surface area contributed by atoms with E-state index in [9.17, 15) is 0 Å². The molecule has 3 N–H and O–H groups in total. The molecule has 2 heteroatoms. The van der Waals surface area contributed by atoms with E-state index in [0.717, 1.165) is 29.0 Å². The van der Waals surface area contributed by atoms with E-state index in [-0.39, 0.29) is 6.04 Å². The summed E-state index contributed by atoms with van der Waals surface area (Å²) in [6, 6.07) is 21.4. The van der Waals surface area contributed by atoms with Gasteiger partial charge in [-0.1, -0.05) is 100 Å². The van der Waals surface area contributed by atoms with Gasteiger partial charge >= 0.3 is 0 Å². The first kappa shape index (κ1) is 33.5. The highest BCUT2D eigenvalue weighted by Gasteiger charge is 2.18. The minimum absolute atomic E-state index is 0.237. The van der Waals surface area contributed by atoms with Crippen LogP contribution in [0.2, 0.25) is 0 Å². The molecule has 0 fully saturated rings. The molecule has 0 saturated carbocycles. The molecule has 1 atom stereocenters. The topological polar surface area (TPSA) is 41.8 Å². The van der Waals surface area contributed by atoms with Crippen molar-refractivity contribution in [2.45, 2.75) is 87.6 Å². The van der Waals surface area contributed by atoms with Crippen LogP contribution in [0.4, 0.5) is 0 Å². The number of aryl methyl sites for hydroxylation is 2. The molecule has 2 nitrogen and oxygen atoms in total. The van der Waals surface area contributed by atoms with Gasteiger partial charge < -0.3 is 10.7 Å². The van der Waals surface area contributed by atoms with E-state index in [1.165, 1.54) is 27.8 Å². The van der Waals surface area contributed by atoms with E-state index >= 15 is 0 Å². The lowest BCUT2D eigenvalue weighted by Crippen LogP contribution is -2.25. The van der Waals surface area contributed by atoms with Gasteiger partial charge in [-0.3, -0.25) is 0 Å². The summed E-state index contributed by atoms with van der Waals surface area (Å²) in [4.78, 5) is 3.47. The van der Waals surface area contributed by atoms with Gasteiger partial charge in [-0.25, -0.2) is 0 Å². The smallest absolute Gasteiger partial charge is 0.0557 e. The summed E-state index contributed by atoms with van der Waals surface area (Å²) in [5.74, 6) is 5.85. The third-order valence-electron chi connectivity index (χ3n) is 6.54. The molecule has 0 radical (unpaired) electrons. The fourth-order valence-corrected chi connectivity index (χ4v) is 4.36. The zero-order chi connectivity index (χ0) is 29.4. The molecule has 0 unspecified atom stereocenters. The Morgan fingerprint density at radius 3 is 2.05 bits per heavy atom. The number of hydrogen-bond acceptors (Lipinski definition) is 1. The Balaban J connectivity index is 0.00000116. The maximum atomic E-state index is 7.03. The van der Waals surface area contributed by atoms with Crippen LogP contribution in [0.3, 0.4) is 0 Å². The van der Waals surface area contributed by atoms with E-state index in [0.29, 0.717) is 5.92 Å². The Kier molecular flexibility index (Phi) is 15.3. The van der Waals surface area contributed by atoms with E-state index in [4.69, 9.17) is 5.73 Å². The Hall–Kier alpha value is -3.54. The molecule has 3 aromatic rings. The van der Waals surface area contributed by atoms with Gasteiger partial charge in [0.05, 0.1) is 6.04 Å². The largest absolute Gasteiger partial charge is 0.359 e. The maximum Gasteiger partial charge on any atom is 0.0557 e. The molecule has 0 aliphatic heterocycles. The van der Waals surface area contributed by atoms with Crippen LogP contribution in [0.25, 0.3) is 11.1 Å². The maximum absolute atomic E-state index is 7.03. The molecule has 0 aliphatic carbocycles. The molecule has 0 spiro atoms. The second-order valence-electron chi connectivity index (χ2n) is 9.70. The van der Waals surface area contributed by atoms with E-state index in [2.05, 4.69) is 130 Å². The van der Waals surface area contributed by atoms with Crippen molar-refractivity contribution in [1.82, 2.24) is 4.98 Å². The quantitative estimate of drug-likeness (QED) is 0.224. The second kappa shape index (κ2) is 17.9. The van der Waals surface area contributed by atoms with Crippen molar-refractivity contribution in [2.75, 3.05) is 0 Å². The SMILES string of the molecule is C/C=C\C(=C(/C)c1ccc(C)[nH]1)[C@H](N)/C(=C\Cc1ccccc1C(C)C)c1ccc(C)cc1.CC.CC#CC. The standard InChI is InChI=1S/C31H38N2.C4H6.C2H6/c1-7-10-28(24(6)30-20-15-23(5)33-30)31(32)29(26-16-13-22(4)14-17-26)19-18-25-11-8-9-12-27(25)21(2)3;1-3-4-2;1-2/h7-17,19-21,31,33H,18,32H2,1-6H3;1-2H3;1-2H3/b10-7-,28-24-,29-19-;;/t31-;;/m0../s1. The second-order valence-corrected chi connectivity index (χ2v) is 9.70. The predicted octanol–water partition coefficient (Wildman–Crippen LogP) is 9.81. The van der Waals surface area contributed by atoms with Crippen LogP contribution in [-0.4, -0.2) is 11.0 Å². The lowest BCUT2D eigenvalue weighted by Gasteiger charge is -2.21. The molecule has 3 rings (SSSR count). The number of rotatable bonds is 8. The summed E-state index contributed by atoms with van der Waals surface area (Å²) in [7, 11) is 0. The summed E-state index contributed by atoms with van der Waals surface area (Å²) >= 11 is 0. The van der Waals surface area contributed by atoms with Crippen molar-refractivity contribution in [1.29, 1.82) is 0 Å². The van der Waals surface area contributed by atoms with Crippen molar-refractivity contribution in [2.24, 2.45) is 5.73 Å². The van der Waals surface area contributed by atoms with Crippen LogP contribution < -0.4 is 5.73 Å². The van der Waals surface area contributed by atoms with Gasteiger partial charge in [0.1, 0.15) is 0 Å². The molecule has 39 heavy (non-hydrogen) atoms. The highest BCUT2D eigenvalue weighted by Crippen LogP contribution is 2.30. The lowest BCUT2D eigenvalue weighted by molar-refractivity contribution is 0.850. The van der Waals surface area contributed by atoms with Gasteiger partial charge in [0.15, 0.2) is 0 Å². The van der Waals surface area contributed by atoms with Crippen molar-refractivity contribution in [3.8, 4) is 11.8 Å². The molecule has 208 valence electrons. The normalized spacial score (nSPS) is 12.5. The first-order chi connectivity index (χ1) is 18.7. The number of benzene rings is 2. The molecule has 0 saturated heterocycles. The average Bonchev–Trinajstić information content (AvgIpc) is 3.39. The predicted molar refractivity (Wildman–Crippen MR) is 175 cm³/mol. The first-order valence-corrected chi connectivity index (χ1v) is 14.2. The van der Waals surface area contributed by atoms with E-state index in [1.54, 1.807) is 0 Å². The number of allylic oxidation sites excluding steroid dienone is 3. The third-order valence-corrected chi connectivity index (χ3v) is 6.54. The third kappa shape index (κ3) is 10.3. The highest BCUT2D eigenvalue weighted by atomic mass is 14.7. The Morgan fingerprint density at radius 2 is 1.54 bits per heavy atom. The number of H-pyrrole nitrogens is 1. The van der Waals surface area contributed by atoms with Gasteiger partial charge in [-0.05, 0) is 99.4 Å². The molecule has 1 aromatic heterocycles.